The van der Waals surface area contributed by atoms with E-state index >= 15 is 0 Å². The summed E-state index contributed by atoms with van der Waals surface area (Å²) in [6.45, 7) is -0.132. The quantitative estimate of drug-likeness (QED) is 0.735. The van der Waals surface area contributed by atoms with Crippen molar-refractivity contribution in [1.82, 2.24) is 0 Å². The van der Waals surface area contributed by atoms with Crippen LogP contribution in [0.4, 0.5) is 26.3 Å². The Hall–Kier alpha value is -1.24. The van der Waals surface area contributed by atoms with E-state index in [4.69, 9.17) is 0 Å². The average molecular weight is 244 g/mol. The summed E-state index contributed by atoms with van der Waals surface area (Å²) in [5, 5.41) is 0. The fourth-order valence-electron chi connectivity index (χ4n) is 1.16. The maximum absolute atomic E-state index is 12.3. The smallest absolute Gasteiger partial charge is 0.354 e. The molecule has 16 heavy (non-hydrogen) atoms. The zero-order chi connectivity index (χ0) is 12.6. The monoisotopic (exact) mass is 244 g/mol. The molecule has 0 unspecified atom stereocenters. The molecule has 0 amide bonds. The molecule has 0 heterocycles. The molecule has 3 N–H and O–H groups in total. The van der Waals surface area contributed by atoms with Crippen molar-refractivity contribution >= 4 is 0 Å². The molecule has 1 aromatic rings. The van der Waals surface area contributed by atoms with E-state index in [9.17, 15) is 26.3 Å². The number of hydrogen-bond donors (Lipinski definition) is 1. The molecule has 1 nitrogen and oxygen atoms in total. The lowest BCUT2D eigenvalue weighted by Crippen LogP contribution is -2.47. The third-order valence-electron chi connectivity index (χ3n) is 1.94. The SMILES string of the molecule is [NH3+]Cc1cc(C(F)(F)F)cc(C(F)(F)F)c1. The van der Waals surface area contributed by atoms with Gasteiger partial charge < -0.3 is 5.73 Å². The fourth-order valence-corrected chi connectivity index (χ4v) is 1.16. The van der Waals surface area contributed by atoms with E-state index in [0.717, 1.165) is 0 Å². The Labute approximate surface area is 86.9 Å². The molecule has 7 heteroatoms. The Bertz CT molecular complexity index is 346. The first-order valence-electron chi connectivity index (χ1n) is 4.22. The van der Waals surface area contributed by atoms with Crippen LogP contribution < -0.4 is 5.73 Å². The Morgan fingerprint density at radius 1 is 0.812 bits per heavy atom. The largest absolute Gasteiger partial charge is 0.416 e. The van der Waals surface area contributed by atoms with Gasteiger partial charge in [-0.15, -0.1) is 0 Å². The second kappa shape index (κ2) is 3.97. The lowest BCUT2D eigenvalue weighted by Gasteiger charge is -2.12. The van der Waals surface area contributed by atoms with Crippen molar-refractivity contribution in [3.05, 3.63) is 34.9 Å². The van der Waals surface area contributed by atoms with Crippen molar-refractivity contribution in [2.75, 3.05) is 0 Å². The van der Waals surface area contributed by atoms with E-state index in [1.807, 2.05) is 0 Å². The minimum atomic E-state index is -4.79. The molecule has 0 fully saturated rings. The van der Waals surface area contributed by atoms with Crippen LogP contribution in [-0.4, -0.2) is 0 Å². The Kier molecular flexibility index (Phi) is 3.18. The van der Waals surface area contributed by atoms with Crippen molar-refractivity contribution in [2.24, 2.45) is 0 Å². The summed E-state index contributed by atoms with van der Waals surface area (Å²) in [6.07, 6.45) is -9.57. The topological polar surface area (TPSA) is 27.6 Å². The predicted octanol–water partition coefficient (Wildman–Crippen LogP) is 2.47. The highest BCUT2D eigenvalue weighted by molar-refractivity contribution is 5.33. The van der Waals surface area contributed by atoms with Crippen LogP contribution in [0.1, 0.15) is 16.7 Å². The zero-order valence-electron chi connectivity index (χ0n) is 7.91. The highest BCUT2D eigenvalue weighted by atomic mass is 19.4. The van der Waals surface area contributed by atoms with Crippen LogP contribution in [0.25, 0.3) is 0 Å². The first-order valence-corrected chi connectivity index (χ1v) is 4.22. The minimum Gasteiger partial charge on any atom is -0.354 e. The summed E-state index contributed by atoms with van der Waals surface area (Å²) in [5.74, 6) is 0. The molecular formula is C9H8F6N+. The van der Waals surface area contributed by atoms with Crippen LogP contribution in [0, 0.1) is 0 Å². The first kappa shape index (κ1) is 12.8. The molecule has 0 aliphatic rings. The van der Waals surface area contributed by atoms with Gasteiger partial charge in [-0.25, -0.2) is 0 Å². The lowest BCUT2D eigenvalue weighted by atomic mass is 10.0. The zero-order valence-corrected chi connectivity index (χ0v) is 7.91. The highest BCUT2D eigenvalue weighted by Gasteiger charge is 2.36. The van der Waals surface area contributed by atoms with Gasteiger partial charge in [-0.3, -0.25) is 0 Å². The second-order valence-corrected chi connectivity index (χ2v) is 3.16. The van der Waals surface area contributed by atoms with Crippen LogP contribution in [0.5, 0.6) is 0 Å². The molecule has 1 aromatic carbocycles. The molecule has 0 radical (unpaired) electrons. The number of hydrogen-bond acceptors (Lipinski definition) is 0. The lowest BCUT2D eigenvalue weighted by molar-refractivity contribution is -0.386. The van der Waals surface area contributed by atoms with Gasteiger partial charge in [0.25, 0.3) is 0 Å². The van der Waals surface area contributed by atoms with E-state index in [1.165, 1.54) is 0 Å². The summed E-state index contributed by atoms with van der Waals surface area (Å²) >= 11 is 0. The molecule has 0 aliphatic carbocycles. The van der Waals surface area contributed by atoms with Crippen LogP contribution in [0.15, 0.2) is 18.2 Å². The third kappa shape index (κ3) is 2.88. The van der Waals surface area contributed by atoms with Gasteiger partial charge in [-0.1, -0.05) is 0 Å². The second-order valence-electron chi connectivity index (χ2n) is 3.16. The third-order valence-corrected chi connectivity index (χ3v) is 1.94. The molecule has 0 atom stereocenters. The number of halogens is 6. The molecule has 0 saturated carbocycles. The minimum absolute atomic E-state index is 0.0952. The van der Waals surface area contributed by atoms with Gasteiger partial charge >= 0.3 is 12.4 Å². The molecule has 0 aliphatic heterocycles. The summed E-state index contributed by atoms with van der Waals surface area (Å²) in [6, 6.07) is 1.43. The van der Waals surface area contributed by atoms with Crippen LogP contribution in [-0.2, 0) is 18.9 Å². The van der Waals surface area contributed by atoms with Crippen molar-refractivity contribution in [3.8, 4) is 0 Å². The number of quaternary nitrogens is 1. The van der Waals surface area contributed by atoms with Gasteiger partial charge in [0.2, 0.25) is 0 Å². The standard InChI is InChI=1S/C9H7F6N/c10-8(11,12)6-1-5(4-16)2-7(3-6)9(13,14)15/h1-3H,4,16H2/p+1. The van der Waals surface area contributed by atoms with Crippen molar-refractivity contribution < 1.29 is 32.1 Å². The molecule has 90 valence electrons. The van der Waals surface area contributed by atoms with Crippen LogP contribution >= 0.6 is 0 Å². The maximum Gasteiger partial charge on any atom is 0.416 e. The van der Waals surface area contributed by atoms with Gasteiger partial charge in [-0.05, 0) is 18.2 Å². The van der Waals surface area contributed by atoms with Crippen molar-refractivity contribution in [1.29, 1.82) is 0 Å². The number of rotatable bonds is 1. The van der Waals surface area contributed by atoms with Crippen LogP contribution in [0.3, 0.4) is 0 Å². The van der Waals surface area contributed by atoms with E-state index in [1.54, 1.807) is 0 Å². The predicted molar refractivity (Wildman–Crippen MR) is 43.0 cm³/mol. The maximum atomic E-state index is 12.3. The van der Waals surface area contributed by atoms with Gasteiger partial charge in [-0.2, -0.15) is 26.3 Å². The molecule has 0 aromatic heterocycles. The Morgan fingerprint density at radius 3 is 1.44 bits per heavy atom. The Morgan fingerprint density at radius 2 is 1.19 bits per heavy atom. The van der Waals surface area contributed by atoms with E-state index in [-0.39, 0.29) is 18.2 Å². The van der Waals surface area contributed by atoms with Gasteiger partial charge in [0.15, 0.2) is 0 Å². The summed E-state index contributed by atoms with van der Waals surface area (Å²) in [7, 11) is 0. The van der Waals surface area contributed by atoms with Crippen molar-refractivity contribution in [2.45, 2.75) is 18.9 Å². The van der Waals surface area contributed by atoms with Gasteiger partial charge in [0.1, 0.15) is 0 Å². The average Bonchev–Trinajstić information content (AvgIpc) is 2.14. The van der Waals surface area contributed by atoms with Crippen molar-refractivity contribution in [3.63, 3.8) is 0 Å². The number of alkyl halides is 6. The first-order chi connectivity index (χ1) is 7.14. The van der Waals surface area contributed by atoms with Crippen LogP contribution in [0.2, 0.25) is 0 Å². The molecule has 0 spiro atoms. The molecular weight excluding hydrogens is 236 g/mol. The molecule has 1 rings (SSSR count). The molecule has 0 saturated heterocycles. The van der Waals surface area contributed by atoms with E-state index < -0.39 is 23.5 Å². The fraction of sp³-hybridized carbons (Fsp3) is 0.333. The normalized spacial score (nSPS) is 12.9. The molecule has 0 bridgehead atoms. The summed E-state index contributed by atoms with van der Waals surface area (Å²) < 4.78 is 73.7. The number of benzene rings is 1. The summed E-state index contributed by atoms with van der Waals surface area (Å²) in [4.78, 5) is 0. The van der Waals surface area contributed by atoms with E-state index in [2.05, 4.69) is 5.73 Å². The van der Waals surface area contributed by atoms with E-state index in [0.29, 0.717) is 12.1 Å². The highest BCUT2D eigenvalue weighted by Crippen LogP contribution is 2.36. The Balaban J connectivity index is 3.33. The van der Waals surface area contributed by atoms with Gasteiger partial charge in [0.05, 0.1) is 17.7 Å². The summed E-state index contributed by atoms with van der Waals surface area (Å²) in [5.41, 5.74) is 0.563. The van der Waals surface area contributed by atoms with Gasteiger partial charge in [0, 0.05) is 5.56 Å².